The zero-order valence-corrected chi connectivity index (χ0v) is 16.2. The van der Waals surface area contributed by atoms with Crippen LogP contribution in [0.4, 0.5) is 11.4 Å². The van der Waals surface area contributed by atoms with E-state index in [0.717, 1.165) is 11.1 Å². The molecular formula is C21H22N2O5. The fourth-order valence-electron chi connectivity index (χ4n) is 3.06. The average molecular weight is 382 g/mol. The number of aromatic carboxylic acids is 1. The fraction of sp³-hybridized carbons (Fsp3) is 0.286. The Balaban J connectivity index is 1.92. The monoisotopic (exact) mass is 382 g/mol. The SMILES string of the molecule is Cc1ccc(C)c(NC(=O)CN2C(=O)C(C)(C)Oc3ccc(C(=O)O)cc32)c1. The number of hydrogen-bond acceptors (Lipinski definition) is 4. The Kier molecular flexibility index (Phi) is 4.85. The van der Waals surface area contributed by atoms with Gasteiger partial charge in [-0.05, 0) is 63.1 Å². The molecule has 0 saturated heterocycles. The van der Waals surface area contributed by atoms with E-state index in [2.05, 4.69) is 5.32 Å². The summed E-state index contributed by atoms with van der Waals surface area (Å²) in [5.74, 6) is -1.57. The van der Waals surface area contributed by atoms with E-state index >= 15 is 0 Å². The highest BCUT2D eigenvalue weighted by Gasteiger charge is 2.41. The molecule has 0 spiro atoms. The number of aryl methyl sites for hydroxylation is 2. The highest BCUT2D eigenvalue weighted by Crippen LogP contribution is 2.38. The number of carbonyl (C=O) groups is 3. The number of amides is 2. The van der Waals surface area contributed by atoms with Gasteiger partial charge in [0.25, 0.3) is 5.91 Å². The molecule has 7 nitrogen and oxygen atoms in total. The highest BCUT2D eigenvalue weighted by molar-refractivity contribution is 6.08. The van der Waals surface area contributed by atoms with Gasteiger partial charge >= 0.3 is 5.97 Å². The first kappa shape index (κ1) is 19.4. The predicted molar refractivity (Wildman–Crippen MR) is 105 cm³/mol. The zero-order valence-electron chi connectivity index (χ0n) is 16.2. The number of rotatable bonds is 4. The van der Waals surface area contributed by atoms with E-state index in [1.807, 2.05) is 32.0 Å². The Hall–Kier alpha value is -3.35. The number of anilines is 2. The van der Waals surface area contributed by atoms with E-state index in [1.165, 1.54) is 23.1 Å². The zero-order chi connectivity index (χ0) is 20.6. The summed E-state index contributed by atoms with van der Waals surface area (Å²) < 4.78 is 5.72. The Bertz CT molecular complexity index is 981. The normalized spacial score (nSPS) is 14.9. The number of hydrogen-bond donors (Lipinski definition) is 2. The predicted octanol–water partition coefficient (Wildman–Crippen LogP) is 3.14. The first-order valence-electron chi connectivity index (χ1n) is 8.84. The molecule has 1 heterocycles. The Labute approximate surface area is 162 Å². The minimum atomic E-state index is -1.17. The van der Waals surface area contributed by atoms with Crippen molar-refractivity contribution in [1.82, 2.24) is 0 Å². The lowest BCUT2D eigenvalue weighted by molar-refractivity contribution is -0.133. The topological polar surface area (TPSA) is 95.9 Å². The van der Waals surface area contributed by atoms with Crippen LogP contribution in [0.3, 0.4) is 0 Å². The average Bonchev–Trinajstić information content (AvgIpc) is 2.61. The van der Waals surface area contributed by atoms with Crippen molar-refractivity contribution >= 4 is 29.2 Å². The van der Waals surface area contributed by atoms with Crippen LogP contribution < -0.4 is 15.0 Å². The van der Waals surface area contributed by atoms with Gasteiger partial charge in [-0.2, -0.15) is 0 Å². The summed E-state index contributed by atoms with van der Waals surface area (Å²) in [4.78, 5) is 38.1. The van der Waals surface area contributed by atoms with E-state index < -0.39 is 17.5 Å². The van der Waals surface area contributed by atoms with Crippen LogP contribution in [0.1, 0.15) is 35.3 Å². The van der Waals surface area contributed by atoms with Gasteiger partial charge in [-0.3, -0.25) is 14.5 Å². The number of carboxylic acids is 1. The Morgan fingerprint density at radius 3 is 2.54 bits per heavy atom. The number of nitrogens with one attached hydrogen (secondary N) is 1. The molecule has 0 unspecified atom stereocenters. The molecule has 0 aliphatic carbocycles. The van der Waals surface area contributed by atoms with Gasteiger partial charge < -0.3 is 15.2 Å². The van der Waals surface area contributed by atoms with Crippen LogP contribution in [-0.4, -0.2) is 35.0 Å². The van der Waals surface area contributed by atoms with Crippen molar-refractivity contribution in [2.75, 3.05) is 16.8 Å². The van der Waals surface area contributed by atoms with Crippen molar-refractivity contribution in [1.29, 1.82) is 0 Å². The third-order valence-electron chi connectivity index (χ3n) is 4.59. The maximum Gasteiger partial charge on any atom is 0.335 e. The van der Waals surface area contributed by atoms with Crippen LogP contribution in [0, 0.1) is 13.8 Å². The second-order valence-corrected chi connectivity index (χ2v) is 7.36. The standard InChI is InChI=1S/C21H22N2O5/c1-12-5-6-13(2)15(9-12)22-18(24)11-23-16-10-14(19(25)26)7-8-17(16)28-21(3,4)20(23)27/h5-10H,11H2,1-4H3,(H,22,24)(H,25,26). The molecule has 2 aromatic rings. The molecule has 1 aliphatic heterocycles. The first-order valence-corrected chi connectivity index (χ1v) is 8.84. The number of ether oxygens (including phenoxy) is 1. The second-order valence-electron chi connectivity index (χ2n) is 7.36. The van der Waals surface area contributed by atoms with Gasteiger partial charge in [0.2, 0.25) is 5.91 Å². The van der Waals surface area contributed by atoms with Crippen molar-refractivity contribution in [3.05, 3.63) is 53.1 Å². The first-order chi connectivity index (χ1) is 13.1. The summed E-state index contributed by atoms with van der Waals surface area (Å²) in [6, 6.07) is 9.96. The molecule has 1 aliphatic rings. The molecule has 2 N–H and O–H groups in total. The molecule has 0 atom stereocenters. The number of nitrogens with zero attached hydrogens (tertiary/aromatic N) is 1. The molecule has 2 aromatic carbocycles. The Morgan fingerprint density at radius 1 is 1.14 bits per heavy atom. The van der Waals surface area contributed by atoms with E-state index in [9.17, 15) is 19.5 Å². The molecule has 3 rings (SSSR count). The van der Waals surface area contributed by atoms with Gasteiger partial charge in [0.05, 0.1) is 11.3 Å². The Morgan fingerprint density at radius 2 is 1.86 bits per heavy atom. The van der Waals surface area contributed by atoms with Crippen molar-refractivity contribution in [3.63, 3.8) is 0 Å². The van der Waals surface area contributed by atoms with E-state index in [0.29, 0.717) is 11.4 Å². The summed E-state index contributed by atoms with van der Waals surface area (Å²) >= 11 is 0. The molecule has 0 aromatic heterocycles. The van der Waals surface area contributed by atoms with Crippen LogP contribution in [0.2, 0.25) is 0 Å². The van der Waals surface area contributed by atoms with Crippen molar-refractivity contribution in [2.45, 2.75) is 33.3 Å². The summed E-state index contributed by atoms with van der Waals surface area (Å²) in [6.07, 6.45) is 0. The smallest absolute Gasteiger partial charge is 0.335 e. The van der Waals surface area contributed by atoms with E-state index in [4.69, 9.17) is 4.74 Å². The molecule has 0 fully saturated rings. The van der Waals surface area contributed by atoms with Gasteiger partial charge in [0.1, 0.15) is 12.3 Å². The quantitative estimate of drug-likeness (QED) is 0.847. The molecule has 2 amide bonds. The largest absolute Gasteiger partial charge is 0.478 e. The molecule has 28 heavy (non-hydrogen) atoms. The molecule has 0 radical (unpaired) electrons. The van der Waals surface area contributed by atoms with Crippen LogP contribution in [0.5, 0.6) is 5.75 Å². The summed E-state index contributed by atoms with van der Waals surface area (Å²) in [5, 5.41) is 12.1. The lowest BCUT2D eigenvalue weighted by atomic mass is 10.0. The number of benzene rings is 2. The van der Waals surface area contributed by atoms with E-state index in [-0.39, 0.29) is 23.7 Å². The summed E-state index contributed by atoms with van der Waals surface area (Å²) in [5.41, 5.74) is 1.68. The molecule has 7 heteroatoms. The highest BCUT2D eigenvalue weighted by atomic mass is 16.5. The number of carboxylic acid groups (broad SMARTS) is 1. The van der Waals surface area contributed by atoms with Crippen LogP contribution >= 0.6 is 0 Å². The van der Waals surface area contributed by atoms with Crippen molar-refractivity contribution in [3.8, 4) is 5.75 Å². The lowest BCUT2D eigenvalue weighted by Crippen LogP contribution is -2.54. The number of fused-ring (bicyclic) bond motifs is 1. The number of carbonyl (C=O) groups excluding carboxylic acids is 2. The third kappa shape index (κ3) is 3.69. The van der Waals surface area contributed by atoms with Gasteiger partial charge in [-0.1, -0.05) is 12.1 Å². The van der Waals surface area contributed by atoms with Crippen LogP contribution in [0.15, 0.2) is 36.4 Å². The minimum absolute atomic E-state index is 0.00907. The molecule has 146 valence electrons. The fourth-order valence-corrected chi connectivity index (χ4v) is 3.06. The van der Waals surface area contributed by atoms with Crippen molar-refractivity contribution < 1.29 is 24.2 Å². The summed E-state index contributed by atoms with van der Waals surface area (Å²) in [7, 11) is 0. The van der Waals surface area contributed by atoms with Gasteiger partial charge in [-0.15, -0.1) is 0 Å². The lowest BCUT2D eigenvalue weighted by Gasteiger charge is -2.38. The van der Waals surface area contributed by atoms with Crippen molar-refractivity contribution in [2.24, 2.45) is 0 Å². The summed E-state index contributed by atoms with van der Waals surface area (Å²) in [6.45, 7) is 6.77. The maximum absolute atomic E-state index is 12.9. The maximum atomic E-state index is 12.9. The third-order valence-corrected chi connectivity index (χ3v) is 4.59. The second kappa shape index (κ2) is 6.99. The minimum Gasteiger partial charge on any atom is -0.478 e. The van der Waals surface area contributed by atoms with Gasteiger partial charge in [0.15, 0.2) is 5.60 Å². The van der Waals surface area contributed by atoms with Crippen LogP contribution in [-0.2, 0) is 9.59 Å². The molecular weight excluding hydrogens is 360 g/mol. The van der Waals surface area contributed by atoms with Gasteiger partial charge in [0, 0.05) is 5.69 Å². The van der Waals surface area contributed by atoms with E-state index in [1.54, 1.807) is 13.8 Å². The molecule has 0 bridgehead atoms. The molecule has 0 saturated carbocycles. The van der Waals surface area contributed by atoms with Crippen LogP contribution in [0.25, 0.3) is 0 Å². The van der Waals surface area contributed by atoms with Gasteiger partial charge in [-0.25, -0.2) is 4.79 Å².